The predicted molar refractivity (Wildman–Crippen MR) is 289 cm³/mol. The molecule has 2 heteroatoms. The fourth-order valence-corrected chi connectivity index (χ4v) is 13.3. The number of para-hydroxylation sites is 4. The van der Waals surface area contributed by atoms with Crippen molar-refractivity contribution in [2.75, 3.05) is 4.90 Å². The van der Waals surface area contributed by atoms with Gasteiger partial charge in [0.05, 0.1) is 38.9 Å². The molecule has 1 atom stereocenters. The maximum atomic E-state index is 2.58. The Hall–Kier alpha value is -8.98. The molecule has 3 aliphatic rings. The van der Waals surface area contributed by atoms with Crippen LogP contribution in [0.3, 0.4) is 0 Å². The van der Waals surface area contributed by atoms with Gasteiger partial charge < -0.3 is 9.47 Å². The fourth-order valence-electron chi connectivity index (χ4n) is 13.3. The quantitative estimate of drug-likeness (QED) is 0.161. The Morgan fingerprint density at radius 1 is 0.314 bits per heavy atom. The Balaban J connectivity index is 1.07. The highest BCUT2D eigenvalue weighted by Crippen LogP contribution is 2.63. The van der Waals surface area contributed by atoms with Crippen molar-refractivity contribution in [3.8, 4) is 39.1 Å². The van der Waals surface area contributed by atoms with Gasteiger partial charge in [-0.05, 0) is 103 Å². The molecule has 1 spiro atoms. The Morgan fingerprint density at radius 2 is 0.843 bits per heavy atom. The number of hydrogen-bond acceptors (Lipinski definition) is 1. The lowest BCUT2D eigenvalue weighted by molar-refractivity contribution is 0.748. The molecule has 0 fully saturated rings. The molecule has 326 valence electrons. The van der Waals surface area contributed by atoms with Gasteiger partial charge in [0.25, 0.3) is 0 Å². The van der Waals surface area contributed by atoms with Crippen molar-refractivity contribution in [2.24, 2.45) is 0 Å². The van der Waals surface area contributed by atoms with E-state index in [4.69, 9.17) is 0 Å². The van der Waals surface area contributed by atoms with Crippen molar-refractivity contribution in [3.05, 3.63) is 311 Å². The van der Waals surface area contributed by atoms with Crippen LogP contribution in [-0.2, 0) is 10.8 Å². The van der Waals surface area contributed by atoms with Gasteiger partial charge in [-0.2, -0.15) is 0 Å². The molecular weight excluding hydrogens is 845 g/mol. The van der Waals surface area contributed by atoms with Crippen molar-refractivity contribution in [1.29, 1.82) is 0 Å². The lowest BCUT2D eigenvalue weighted by atomic mass is 9.65. The fraction of sp³-hybridized carbons (Fsp3) is 0.0294. The zero-order chi connectivity index (χ0) is 46.0. The molecule has 0 saturated heterocycles. The molecule has 15 rings (SSSR count). The van der Waals surface area contributed by atoms with Gasteiger partial charge in [0, 0.05) is 27.6 Å². The molecule has 12 aromatic rings. The second-order valence-electron chi connectivity index (χ2n) is 19.0. The number of anilines is 3. The number of rotatable bonds is 6. The summed E-state index contributed by atoms with van der Waals surface area (Å²) >= 11 is 0. The summed E-state index contributed by atoms with van der Waals surface area (Å²) in [5.41, 5.74) is 23.6. The second-order valence-corrected chi connectivity index (χ2v) is 19.0. The van der Waals surface area contributed by atoms with Gasteiger partial charge in [0.2, 0.25) is 0 Å². The average molecular weight is 889 g/mol. The van der Waals surface area contributed by atoms with Crippen LogP contribution in [-0.4, -0.2) is 4.57 Å². The maximum Gasteiger partial charge on any atom is 0.0755 e. The molecular formula is C68H44N2. The standard InChI is InChI=1S/C68H44N2/c1-4-22-45(23-5-1)49-28-12-17-38-61(49)69(64-41-21-36-58-65(64)54-31-11-15-34-56(54)67(58,46-24-6-2-7-25-46)47-26-8-3-9-27-47)48-42-43-51-50-29-10-14-33-55(50)68(60(51)44-48)57-35-16-19-40-63(57)70-62-39-18-13-30-52(62)53-32-20-37-59(68)66(53)70/h1-44H. The molecule has 2 aliphatic carbocycles. The number of aromatic nitrogens is 1. The van der Waals surface area contributed by atoms with Crippen LogP contribution in [0.5, 0.6) is 0 Å². The highest BCUT2D eigenvalue weighted by Gasteiger charge is 2.52. The third-order valence-electron chi connectivity index (χ3n) is 15.9. The summed E-state index contributed by atoms with van der Waals surface area (Å²) in [4.78, 5) is 2.58. The topological polar surface area (TPSA) is 8.17 Å². The Bertz CT molecular complexity index is 4030. The number of benzene rings is 11. The molecule has 11 aromatic carbocycles. The summed E-state index contributed by atoms with van der Waals surface area (Å²) in [7, 11) is 0. The van der Waals surface area contributed by atoms with E-state index in [9.17, 15) is 0 Å². The van der Waals surface area contributed by atoms with Crippen LogP contribution in [0.1, 0.15) is 44.5 Å². The van der Waals surface area contributed by atoms with Crippen molar-refractivity contribution >= 4 is 38.9 Å². The monoisotopic (exact) mass is 888 g/mol. The highest BCUT2D eigenvalue weighted by molar-refractivity contribution is 6.13. The van der Waals surface area contributed by atoms with Gasteiger partial charge in [-0.15, -0.1) is 0 Å². The molecule has 1 aromatic heterocycles. The minimum Gasteiger partial charge on any atom is -0.309 e. The number of nitrogens with zero attached hydrogens (tertiary/aromatic N) is 2. The lowest BCUT2D eigenvalue weighted by Crippen LogP contribution is -2.33. The van der Waals surface area contributed by atoms with Gasteiger partial charge >= 0.3 is 0 Å². The molecule has 0 radical (unpaired) electrons. The van der Waals surface area contributed by atoms with Gasteiger partial charge in [-0.25, -0.2) is 0 Å². The van der Waals surface area contributed by atoms with E-state index in [0.29, 0.717) is 0 Å². The van der Waals surface area contributed by atoms with Crippen LogP contribution in [0, 0.1) is 0 Å². The zero-order valence-electron chi connectivity index (χ0n) is 38.3. The molecule has 2 nitrogen and oxygen atoms in total. The number of hydrogen-bond donors (Lipinski definition) is 0. The Morgan fingerprint density at radius 3 is 1.61 bits per heavy atom. The largest absolute Gasteiger partial charge is 0.309 e. The molecule has 1 aliphatic heterocycles. The number of fused-ring (bicyclic) bond motifs is 15. The van der Waals surface area contributed by atoms with Crippen LogP contribution in [0.25, 0.3) is 60.9 Å². The first-order chi connectivity index (χ1) is 34.8. The predicted octanol–water partition coefficient (Wildman–Crippen LogP) is 17.0. The highest BCUT2D eigenvalue weighted by atomic mass is 15.1. The lowest BCUT2D eigenvalue weighted by Gasteiger charge is -2.40. The van der Waals surface area contributed by atoms with Crippen LogP contribution in [0.4, 0.5) is 17.1 Å². The molecule has 0 N–H and O–H groups in total. The van der Waals surface area contributed by atoms with E-state index in [0.717, 1.165) is 17.1 Å². The summed E-state index contributed by atoms with van der Waals surface area (Å²) in [5.74, 6) is 0. The van der Waals surface area contributed by atoms with E-state index in [1.54, 1.807) is 0 Å². The smallest absolute Gasteiger partial charge is 0.0755 e. The van der Waals surface area contributed by atoms with E-state index in [-0.39, 0.29) is 0 Å². The van der Waals surface area contributed by atoms with Crippen LogP contribution < -0.4 is 4.90 Å². The van der Waals surface area contributed by atoms with E-state index in [1.165, 1.54) is 105 Å². The molecule has 0 saturated carbocycles. The first kappa shape index (κ1) is 39.1. The average Bonchev–Trinajstić information content (AvgIpc) is 4.05. The first-order valence-electron chi connectivity index (χ1n) is 24.4. The minimum absolute atomic E-state index is 0.554. The normalized spacial score (nSPS) is 15.3. The summed E-state index contributed by atoms with van der Waals surface area (Å²) in [5, 5.41) is 2.55. The van der Waals surface area contributed by atoms with E-state index < -0.39 is 10.8 Å². The van der Waals surface area contributed by atoms with Gasteiger partial charge in [-0.3, -0.25) is 0 Å². The van der Waals surface area contributed by atoms with Crippen molar-refractivity contribution in [3.63, 3.8) is 0 Å². The molecule has 0 bridgehead atoms. The molecule has 1 unspecified atom stereocenters. The Labute approximate surface area is 407 Å². The SMILES string of the molecule is c1ccc(-c2ccccc2N(c2ccc3c(c2)C2(c4ccccc4-3)c3ccccc3-n3c4ccccc4c4cccc2c43)c2cccc3c2-c2ccccc2C3(c2ccccc2)c2ccccc2)cc1. The molecule has 0 amide bonds. The van der Waals surface area contributed by atoms with Gasteiger partial charge in [0.1, 0.15) is 0 Å². The minimum atomic E-state index is -0.603. The summed E-state index contributed by atoms with van der Waals surface area (Å²) < 4.78 is 2.53. The zero-order valence-corrected chi connectivity index (χ0v) is 38.3. The van der Waals surface area contributed by atoms with E-state index >= 15 is 0 Å². The van der Waals surface area contributed by atoms with Crippen LogP contribution >= 0.6 is 0 Å². The van der Waals surface area contributed by atoms with Crippen LogP contribution in [0.2, 0.25) is 0 Å². The van der Waals surface area contributed by atoms with E-state index in [2.05, 4.69) is 276 Å². The Kier molecular flexibility index (Phi) is 8.24. The van der Waals surface area contributed by atoms with Crippen LogP contribution in [0.15, 0.2) is 267 Å². The summed E-state index contributed by atoms with van der Waals surface area (Å²) in [6, 6.07) is 99.9. The second kappa shape index (κ2) is 14.8. The third kappa shape index (κ3) is 5.02. The van der Waals surface area contributed by atoms with Gasteiger partial charge in [0.15, 0.2) is 0 Å². The third-order valence-corrected chi connectivity index (χ3v) is 15.9. The maximum absolute atomic E-state index is 2.58. The first-order valence-corrected chi connectivity index (χ1v) is 24.4. The summed E-state index contributed by atoms with van der Waals surface area (Å²) in [6.45, 7) is 0. The van der Waals surface area contributed by atoms with Crippen molar-refractivity contribution in [1.82, 2.24) is 4.57 Å². The summed E-state index contributed by atoms with van der Waals surface area (Å²) in [6.07, 6.45) is 0. The van der Waals surface area contributed by atoms with E-state index in [1.807, 2.05) is 0 Å². The molecule has 2 heterocycles. The molecule has 70 heavy (non-hydrogen) atoms. The van der Waals surface area contributed by atoms with Crippen molar-refractivity contribution in [2.45, 2.75) is 10.8 Å². The van der Waals surface area contributed by atoms with Crippen molar-refractivity contribution < 1.29 is 0 Å². The van der Waals surface area contributed by atoms with Gasteiger partial charge in [-0.1, -0.05) is 231 Å².